The number of rotatable bonds is 3. The minimum Gasteiger partial charge on any atom is -0.338 e. The number of nitriles is 1. The molecule has 18 heavy (non-hydrogen) atoms. The number of halogens is 1. The van der Waals surface area contributed by atoms with Crippen molar-refractivity contribution in [1.82, 2.24) is 14.9 Å². The maximum absolute atomic E-state index is 9.16. The molecule has 1 heterocycles. The number of H-pyrrole nitrogens is 1. The number of nitrogens with one attached hydrogen (secondary N) is 1. The fourth-order valence-electron chi connectivity index (χ4n) is 1.72. The van der Waals surface area contributed by atoms with Crippen LogP contribution in [0.5, 0.6) is 0 Å². The Kier molecular flexibility index (Phi) is 3.66. The maximum Gasteiger partial charge on any atom is 0.153 e. The summed E-state index contributed by atoms with van der Waals surface area (Å²) in [7, 11) is 3.65. The normalized spacial score (nSPS) is 12.4. The molecule has 1 aromatic heterocycles. The van der Waals surface area contributed by atoms with Gasteiger partial charge in [0.15, 0.2) is 5.15 Å². The van der Waals surface area contributed by atoms with Crippen LogP contribution in [0.15, 0.2) is 30.3 Å². The maximum atomic E-state index is 9.16. The molecule has 0 saturated heterocycles. The lowest BCUT2D eigenvalue weighted by atomic mass is 10.2. The van der Waals surface area contributed by atoms with Gasteiger partial charge in [-0.2, -0.15) is 5.26 Å². The molecule has 2 aromatic rings. The molecule has 0 aliphatic rings. The number of nitrogens with zero attached hydrogens (tertiary/aromatic N) is 3. The number of hydrogen-bond acceptors (Lipinski definition) is 3. The molecule has 0 radical (unpaired) electrons. The Morgan fingerprint density at radius 1 is 1.33 bits per heavy atom. The summed E-state index contributed by atoms with van der Waals surface area (Å²) in [6, 6.07) is 11.4. The molecule has 0 amide bonds. The average Bonchev–Trinajstić information content (AvgIpc) is 2.73. The first-order valence-electron chi connectivity index (χ1n) is 5.50. The first-order chi connectivity index (χ1) is 8.63. The predicted molar refractivity (Wildman–Crippen MR) is 71.1 cm³/mol. The smallest absolute Gasteiger partial charge is 0.153 e. The summed E-state index contributed by atoms with van der Waals surface area (Å²) in [6.07, 6.45) is 0. The number of aromatic nitrogens is 2. The van der Waals surface area contributed by atoms with E-state index in [9.17, 15) is 0 Å². The molecule has 1 N–H and O–H groups in total. The number of aromatic amines is 1. The lowest BCUT2D eigenvalue weighted by Gasteiger charge is -2.15. The van der Waals surface area contributed by atoms with E-state index in [1.54, 1.807) is 4.90 Å². The van der Waals surface area contributed by atoms with Crippen LogP contribution < -0.4 is 0 Å². The Labute approximate surface area is 111 Å². The van der Waals surface area contributed by atoms with E-state index < -0.39 is 6.04 Å². The molecule has 0 fully saturated rings. The molecule has 0 aliphatic heterocycles. The van der Waals surface area contributed by atoms with Gasteiger partial charge in [0.2, 0.25) is 0 Å². The second kappa shape index (κ2) is 5.21. The van der Waals surface area contributed by atoms with Crippen LogP contribution in [0.2, 0.25) is 5.15 Å². The zero-order chi connectivity index (χ0) is 13.1. The lowest BCUT2D eigenvalue weighted by molar-refractivity contribution is 0.353. The minimum absolute atomic E-state index is 0.342. The van der Waals surface area contributed by atoms with Crippen molar-refractivity contribution in [2.45, 2.75) is 6.04 Å². The molecular weight excluding hydrogens is 248 g/mol. The molecule has 0 spiro atoms. The average molecular weight is 261 g/mol. The minimum atomic E-state index is -0.428. The SMILES string of the molecule is CN(C)C(C#N)c1[nH]c(-c2ccccc2)nc1Cl. The van der Waals surface area contributed by atoms with E-state index in [1.807, 2.05) is 44.4 Å². The van der Waals surface area contributed by atoms with E-state index in [1.165, 1.54) is 0 Å². The van der Waals surface area contributed by atoms with Crippen molar-refractivity contribution in [3.8, 4) is 17.5 Å². The summed E-state index contributed by atoms with van der Waals surface area (Å²) in [5, 5.41) is 9.50. The van der Waals surface area contributed by atoms with Crippen molar-refractivity contribution < 1.29 is 0 Å². The van der Waals surface area contributed by atoms with Gasteiger partial charge >= 0.3 is 0 Å². The molecule has 2 rings (SSSR count). The van der Waals surface area contributed by atoms with Crippen molar-refractivity contribution >= 4 is 11.6 Å². The molecule has 4 nitrogen and oxygen atoms in total. The zero-order valence-electron chi connectivity index (χ0n) is 10.2. The van der Waals surface area contributed by atoms with Crippen LogP contribution in [-0.2, 0) is 0 Å². The van der Waals surface area contributed by atoms with Crippen LogP contribution in [0.1, 0.15) is 11.7 Å². The molecule has 1 atom stereocenters. The van der Waals surface area contributed by atoms with Crippen molar-refractivity contribution in [3.63, 3.8) is 0 Å². The lowest BCUT2D eigenvalue weighted by Crippen LogP contribution is -2.18. The molecule has 1 unspecified atom stereocenters. The van der Waals surface area contributed by atoms with E-state index >= 15 is 0 Å². The quantitative estimate of drug-likeness (QED) is 0.923. The summed E-state index contributed by atoms with van der Waals surface area (Å²) in [4.78, 5) is 9.17. The van der Waals surface area contributed by atoms with Crippen molar-refractivity contribution in [2.24, 2.45) is 0 Å². The third-order valence-electron chi connectivity index (χ3n) is 2.64. The molecule has 92 valence electrons. The van der Waals surface area contributed by atoms with E-state index in [4.69, 9.17) is 16.9 Å². The Morgan fingerprint density at radius 2 is 2.00 bits per heavy atom. The zero-order valence-corrected chi connectivity index (χ0v) is 10.9. The van der Waals surface area contributed by atoms with Crippen molar-refractivity contribution in [3.05, 3.63) is 41.2 Å². The number of imidazole rings is 1. The van der Waals surface area contributed by atoms with Crippen LogP contribution in [-0.4, -0.2) is 29.0 Å². The molecule has 1 aromatic carbocycles. The third kappa shape index (κ3) is 2.37. The van der Waals surface area contributed by atoms with Crippen molar-refractivity contribution in [2.75, 3.05) is 14.1 Å². The van der Waals surface area contributed by atoms with Gasteiger partial charge in [-0.05, 0) is 14.1 Å². The van der Waals surface area contributed by atoms with Gasteiger partial charge in [0.1, 0.15) is 11.9 Å². The van der Waals surface area contributed by atoms with E-state index in [0.29, 0.717) is 16.7 Å². The third-order valence-corrected chi connectivity index (χ3v) is 2.93. The van der Waals surface area contributed by atoms with Crippen LogP contribution >= 0.6 is 11.6 Å². The first kappa shape index (κ1) is 12.6. The monoisotopic (exact) mass is 260 g/mol. The summed E-state index contributed by atoms with van der Waals surface area (Å²) < 4.78 is 0. The van der Waals surface area contributed by atoms with Gasteiger partial charge in [-0.25, -0.2) is 4.98 Å². The molecule has 0 bridgehead atoms. The van der Waals surface area contributed by atoms with E-state index in [-0.39, 0.29) is 0 Å². The Bertz CT molecular complexity index is 568. The Balaban J connectivity index is 2.42. The molecule has 0 saturated carbocycles. The highest BCUT2D eigenvalue weighted by atomic mass is 35.5. The Morgan fingerprint density at radius 3 is 2.56 bits per heavy atom. The van der Waals surface area contributed by atoms with Gasteiger partial charge in [0.25, 0.3) is 0 Å². The highest BCUT2D eigenvalue weighted by molar-refractivity contribution is 6.30. The molecule has 5 heteroatoms. The summed E-state index contributed by atoms with van der Waals surface area (Å²) in [5.41, 5.74) is 1.57. The van der Waals surface area contributed by atoms with Crippen LogP contribution in [0, 0.1) is 11.3 Å². The van der Waals surface area contributed by atoms with E-state index in [0.717, 1.165) is 5.56 Å². The van der Waals surface area contributed by atoms with Crippen LogP contribution in [0.3, 0.4) is 0 Å². The molecule has 0 aliphatic carbocycles. The van der Waals surface area contributed by atoms with Crippen LogP contribution in [0.4, 0.5) is 0 Å². The highest BCUT2D eigenvalue weighted by Crippen LogP contribution is 2.27. The first-order valence-corrected chi connectivity index (χ1v) is 5.88. The Hall–Kier alpha value is -1.83. The number of benzene rings is 1. The second-order valence-electron chi connectivity index (χ2n) is 4.15. The largest absolute Gasteiger partial charge is 0.338 e. The van der Waals surface area contributed by atoms with Gasteiger partial charge in [-0.3, -0.25) is 4.90 Å². The van der Waals surface area contributed by atoms with Gasteiger partial charge < -0.3 is 4.98 Å². The summed E-state index contributed by atoms with van der Waals surface area (Å²) in [6.45, 7) is 0. The molecular formula is C13H13ClN4. The van der Waals surface area contributed by atoms with Gasteiger partial charge in [0, 0.05) is 5.56 Å². The number of hydrogen-bond donors (Lipinski definition) is 1. The van der Waals surface area contributed by atoms with Crippen LogP contribution in [0.25, 0.3) is 11.4 Å². The fraction of sp³-hybridized carbons (Fsp3) is 0.231. The van der Waals surface area contributed by atoms with Gasteiger partial charge in [-0.15, -0.1) is 0 Å². The summed E-state index contributed by atoms with van der Waals surface area (Å²) >= 11 is 6.09. The van der Waals surface area contributed by atoms with Crippen molar-refractivity contribution in [1.29, 1.82) is 5.26 Å². The topological polar surface area (TPSA) is 55.7 Å². The standard InChI is InChI=1S/C13H13ClN4/c1-18(2)10(8-15)11-12(14)17-13(16-11)9-6-4-3-5-7-9/h3-7,10H,1-2H3,(H,16,17). The predicted octanol–water partition coefficient (Wildman–Crippen LogP) is 2.86. The van der Waals surface area contributed by atoms with Gasteiger partial charge in [0.05, 0.1) is 11.8 Å². The fourth-order valence-corrected chi connectivity index (χ4v) is 1.95. The highest BCUT2D eigenvalue weighted by Gasteiger charge is 2.20. The van der Waals surface area contributed by atoms with E-state index in [2.05, 4.69) is 16.0 Å². The summed E-state index contributed by atoms with van der Waals surface area (Å²) in [5.74, 6) is 0.678. The second-order valence-corrected chi connectivity index (χ2v) is 4.51. The van der Waals surface area contributed by atoms with Gasteiger partial charge in [-0.1, -0.05) is 41.9 Å².